The second-order valence-electron chi connectivity index (χ2n) is 4.67. The van der Waals surface area contributed by atoms with E-state index in [9.17, 15) is 4.79 Å². The molecule has 0 saturated heterocycles. The molecular formula is C15H24N2O2. The number of hydrogen-bond acceptors (Lipinski definition) is 3. The first-order chi connectivity index (χ1) is 9.15. The van der Waals surface area contributed by atoms with Crippen LogP contribution >= 0.6 is 0 Å². The fourth-order valence-electron chi connectivity index (χ4n) is 1.84. The number of benzene rings is 1. The van der Waals surface area contributed by atoms with E-state index in [2.05, 4.69) is 0 Å². The zero-order chi connectivity index (χ0) is 14.1. The molecule has 19 heavy (non-hydrogen) atoms. The fourth-order valence-corrected chi connectivity index (χ4v) is 1.84. The largest absolute Gasteiger partial charge is 0.494 e. The smallest absolute Gasteiger partial charge is 0.239 e. The lowest BCUT2D eigenvalue weighted by Gasteiger charge is -2.21. The molecular weight excluding hydrogens is 240 g/mol. The molecule has 0 radical (unpaired) electrons. The lowest BCUT2D eigenvalue weighted by molar-refractivity contribution is -0.131. The monoisotopic (exact) mass is 264 g/mol. The molecule has 0 aliphatic rings. The van der Waals surface area contributed by atoms with Crippen LogP contribution in [0, 0.1) is 0 Å². The molecule has 1 atom stereocenters. The van der Waals surface area contributed by atoms with Crippen molar-refractivity contribution in [2.45, 2.75) is 32.2 Å². The zero-order valence-corrected chi connectivity index (χ0v) is 11.8. The highest BCUT2D eigenvalue weighted by molar-refractivity contribution is 5.81. The minimum atomic E-state index is -0.370. The van der Waals surface area contributed by atoms with E-state index in [0.717, 1.165) is 25.0 Å². The molecule has 4 heteroatoms. The third-order valence-corrected chi connectivity index (χ3v) is 2.94. The van der Waals surface area contributed by atoms with Crippen molar-refractivity contribution in [3.63, 3.8) is 0 Å². The molecule has 106 valence electrons. The maximum Gasteiger partial charge on any atom is 0.239 e. The zero-order valence-electron chi connectivity index (χ0n) is 11.8. The number of nitrogens with zero attached hydrogens (tertiary/aromatic N) is 1. The Bertz CT molecular complexity index is 368. The minimum Gasteiger partial charge on any atom is -0.494 e. The number of hydrogen-bond donors (Lipinski definition) is 1. The summed E-state index contributed by atoms with van der Waals surface area (Å²) in [6.07, 6.45) is 2.47. The van der Waals surface area contributed by atoms with Crippen LogP contribution in [0.15, 0.2) is 30.3 Å². The van der Waals surface area contributed by atoms with E-state index >= 15 is 0 Å². The number of carbonyl (C=O) groups is 1. The van der Waals surface area contributed by atoms with Gasteiger partial charge in [0.25, 0.3) is 0 Å². The van der Waals surface area contributed by atoms with Crippen molar-refractivity contribution in [3.05, 3.63) is 30.3 Å². The topological polar surface area (TPSA) is 55.6 Å². The molecule has 0 spiro atoms. The predicted molar refractivity (Wildman–Crippen MR) is 77.1 cm³/mol. The van der Waals surface area contributed by atoms with Crippen LogP contribution in [0.5, 0.6) is 5.75 Å². The van der Waals surface area contributed by atoms with Crippen LogP contribution in [-0.4, -0.2) is 37.0 Å². The number of likely N-dealkylation sites (N-methyl/N-ethyl adjacent to an activating group) is 1. The summed E-state index contributed by atoms with van der Waals surface area (Å²) in [5.41, 5.74) is 5.80. The summed E-state index contributed by atoms with van der Waals surface area (Å²) in [5.74, 6) is 0.876. The lowest BCUT2D eigenvalue weighted by Crippen LogP contribution is -2.42. The molecule has 0 unspecified atom stereocenters. The van der Waals surface area contributed by atoms with Crippen molar-refractivity contribution in [1.82, 2.24) is 4.90 Å². The third-order valence-electron chi connectivity index (χ3n) is 2.94. The molecule has 1 aromatic rings. The highest BCUT2D eigenvalue weighted by Crippen LogP contribution is 2.08. The van der Waals surface area contributed by atoms with Crippen molar-refractivity contribution < 1.29 is 9.53 Å². The van der Waals surface area contributed by atoms with Crippen molar-refractivity contribution in [2.75, 3.05) is 20.2 Å². The van der Waals surface area contributed by atoms with Gasteiger partial charge in [-0.2, -0.15) is 0 Å². The summed E-state index contributed by atoms with van der Waals surface area (Å²) in [4.78, 5) is 13.5. The number of carbonyl (C=O) groups excluding carboxylic acids is 1. The maximum absolute atomic E-state index is 11.9. The molecule has 0 heterocycles. The van der Waals surface area contributed by atoms with E-state index in [-0.39, 0.29) is 11.9 Å². The van der Waals surface area contributed by atoms with Crippen molar-refractivity contribution in [2.24, 2.45) is 5.73 Å². The quantitative estimate of drug-likeness (QED) is 0.731. The van der Waals surface area contributed by atoms with Crippen LogP contribution < -0.4 is 10.5 Å². The van der Waals surface area contributed by atoms with E-state index in [0.29, 0.717) is 13.2 Å². The molecule has 0 aromatic heterocycles. The van der Waals surface area contributed by atoms with E-state index in [4.69, 9.17) is 10.5 Å². The van der Waals surface area contributed by atoms with Crippen LogP contribution in [0.25, 0.3) is 0 Å². The molecule has 0 fully saturated rings. The number of rotatable bonds is 8. The molecule has 4 nitrogen and oxygen atoms in total. The maximum atomic E-state index is 11.9. The van der Waals surface area contributed by atoms with Gasteiger partial charge in [0.2, 0.25) is 5.91 Å². The lowest BCUT2D eigenvalue weighted by atomic mass is 10.1. The molecule has 2 N–H and O–H groups in total. The van der Waals surface area contributed by atoms with Gasteiger partial charge in [-0.05, 0) is 25.0 Å². The molecule has 1 rings (SSSR count). The summed E-state index contributed by atoms with van der Waals surface area (Å²) in [7, 11) is 1.79. The van der Waals surface area contributed by atoms with Crippen LogP contribution in [0.3, 0.4) is 0 Å². The Morgan fingerprint density at radius 1 is 1.37 bits per heavy atom. The molecule has 1 aromatic carbocycles. The Hall–Kier alpha value is -1.55. The predicted octanol–water partition coefficient (Wildman–Crippen LogP) is 2.04. The van der Waals surface area contributed by atoms with Crippen LogP contribution in [0.1, 0.15) is 26.2 Å². The highest BCUT2D eigenvalue weighted by atomic mass is 16.5. The third kappa shape index (κ3) is 5.75. The van der Waals surface area contributed by atoms with Gasteiger partial charge >= 0.3 is 0 Å². The number of amides is 1. The van der Waals surface area contributed by atoms with Crippen LogP contribution in [0.2, 0.25) is 0 Å². The van der Waals surface area contributed by atoms with Gasteiger partial charge in [0.15, 0.2) is 0 Å². The summed E-state index contributed by atoms with van der Waals surface area (Å²) in [6, 6.07) is 9.31. The van der Waals surface area contributed by atoms with Gasteiger partial charge in [0.1, 0.15) is 5.75 Å². The van der Waals surface area contributed by atoms with Gasteiger partial charge in [-0.3, -0.25) is 4.79 Å². The normalized spacial score (nSPS) is 11.9. The van der Waals surface area contributed by atoms with E-state index < -0.39 is 0 Å². The highest BCUT2D eigenvalue weighted by Gasteiger charge is 2.16. The van der Waals surface area contributed by atoms with E-state index in [1.807, 2.05) is 37.3 Å². The first-order valence-electron chi connectivity index (χ1n) is 6.83. The average molecular weight is 264 g/mol. The van der Waals surface area contributed by atoms with Gasteiger partial charge in [0, 0.05) is 13.6 Å². The van der Waals surface area contributed by atoms with E-state index in [1.165, 1.54) is 0 Å². The first-order valence-corrected chi connectivity index (χ1v) is 6.83. The number of ether oxygens (including phenoxy) is 1. The molecule has 1 amide bonds. The van der Waals surface area contributed by atoms with Crippen molar-refractivity contribution >= 4 is 5.91 Å². The minimum absolute atomic E-state index is 0.0153. The van der Waals surface area contributed by atoms with Gasteiger partial charge in [-0.1, -0.05) is 31.5 Å². The summed E-state index contributed by atoms with van der Waals surface area (Å²) in [5, 5.41) is 0. The van der Waals surface area contributed by atoms with Crippen molar-refractivity contribution in [1.29, 1.82) is 0 Å². The SMILES string of the molecule is CCC[C@H](N)C(=O)N(C)CCCOc1ccccc1. The Morgan fingerprint density at radius 3 is 2.68 bits per heavy atom. The fraction of sp³-hybridized carbons (Fsp3) is 0.533. The van der Waals surface area contributed by atoms with Gasteiger partial charge < -0.3 is 15.4 Å². The van der Waals surface area contributed by atoms with Gasteiger partial charge in [-0.15, -0.1) is 0 Å². The number of nitrogens with two attached hydrogens (primary N) is 1. The van der Waals surface area contributed by atoms with E-state index in [1.54, 1.807) is 11.9 Å². The average Bonchev–Trinajstić information content (AvgIpc) is 2.44. The van der Waals surface area contributed by atoms with Crippen LogP contribution in [0.4, 0.5) is 0 Å². The number of para-hydroxylation sites is 1. The molecule has 0 aliphatic heterocycles. The van der Waals surface area contributed by atoms with Crippen molar-refractivity contribution in [3.8, 4) is 5.75 Å². The molecule has 0 bridgehead atoms. The Balaban J connectivity index is 2.20. The van der Waals surface area contributed by atoms with Crippen LogP contribution in [-0.2, 0) is 4.79 Å². The summed E-state index contributed by atoms with van der Waals surface area (Å²) >= 11 is 0. The summed E-state index contributed by atoms with van der Waals surface area (Å²) < 4.78 is 5.57. The second-order valence-corrected chi connectivity index (χ2v) is 4.67. The molecule has 0 saturated carbocycles. The Labute approximate surface area is 115 Å². The summed E-state index contributed by atoms with van der Waals surface area (Å²) in [6.45, 7) is 3.30. The second kappa shape index (κ2) is 8.53. The standard InChI is InChI=1S/C15H24N2O2/c1-3-8-14(16)15(18)17(2)11-7-12-19-13-9-5-4-6-10-13/h4-6,9-10,14H,3,7-8,11-12,16H2,1-2H3/t14-/m0/s1. The van der Waals surface area contributed by atoms with Gasteiger partial charge in [0.05, 0.1) is 12.6 Å². The first kappa shape index (κ1) is 15.5. The molecule has 0 aliphatic carbocycles. The Kier molecular flexibility index (Phi) is 6.97. The van der Waals surface area contributed by atoms with Gasteiger partial charge in [-0.25, -0.2) is 0 Å². The Morgan fingerprint density at radius 2 is 2.05 bits per heavy atom.